The number of benzene rings is 1. The van der Waals surface area contributed by atoms with Gasteiger partial charge >= 0.3 is 0 Å². The van der Waals surface area contributed by atoms with Gasteiger partial charge in [-0.2, -0.15) is 0 Å². The van der Waals surface area contributed by atoms with Crippen LogP contribution in [-0.2, 0) is 20.5 Å². The highest BCUT2D eigenvalue weighted by Crippen LogP contribution is 2.24. The number of ether oxygens (including phenoxy) is 1. The van der Waals surface area contributed by atoms with Gasteiger partial charge in [-0.1, -0.05) is 17.7 Å². The van der Waals surface area contributed by atoms with E-state index in [1.54, 1.807) is 0 Å². The van der Waals surface area contributed by atoms with E-state index in [0.29, 0.717) is 12.2 Å². The minimum absolute atomic E-state index is 0.0798. The molecule has 112 valence electrons. The highest BCUT2D eigenvalue weighted by atomic mass is 35.5. The van der Waals surface area contributed by atoms with Crippen LogP contribution in [-0.4, -0.2) is 27.2 Å². The molecule has 2 rings (SSSR count). The summed E-state index contributed by atoms with van der Waals surface area (Å²) in [5, 5.41) is -0.0798. The summed E-state index contributed by atoms with van der Waals surface area (Å²) >= 11 is 5.64. The van der Waals surface area contributed by atoms with Crippen LogP contribution in [0.5, 0.6) is 0 Å². The predicted octanol–water partition coefficient (Wildman–Crippen LogP) is 2.47. The van der Waals surface area contributed by atoms with Crippen molar-refractivity contribution in [1.82, 2.24) is 4.72 Å². The molecule has 7 heteroatoms. The van der Waals surface area contributed by atoms with Crippen molar-refractivity contribution >= 4 is 21.6 Å². The van der Waals surface area contributed by atoms with Gasteiger partial charge in [0.2, 0.25) is 10.0 Å². The summed E-state index contributed by atoms with van der Waals surface area (Å²) in [7, 11) is -3.50. The summed E-state index contributed by atoms with van der Waals surface area (Å²) in [6.07, 6.45) is 1.77. The van der Waals surface area contributed by atoms with E-state index in [0.717, 1.165) is 18.9 Å². The fourth-order valence-electron chi connectivity index (χ4n) is 2.14. The van der Waals surface area contributed by atoms with E-state index in [9.17, 15) is 12.8 Å². The van der Waals surface area contributed by atoms with Crippen molar-refractivity contribution < 1.29 is 17.5 Å². The van der Waals surface area contributed by atoms with E-state index in [2.05, 4.69) is 4.72 Å². The van der Waals surface area contributed by atoms with Gasteiger partial charge in [-0.25, -0.2) is 17.5 Å². The zero-order valence-corrected chi connectivity index (χ0v) is 12.7. The zero-order chi connectivity index (χ0) is 14.8. The minimum atomic E-state index is -3.50. The van der Waals surface area contributed by atoms with Crippen molar-refractivity contribution in [2.45, 2.75) is 31.1 Å². The second kappa shape index (κ2) is 5.97. The molecule has 0 amide bonds. The van der Waals surface area contributed by atoms with Crippen molar-refractivity contribution in [3.8, 4) is 0 Å². The van der Waals surface area contributed by atoms with E-state index >= 15 is 0 Å². The standard InChI is InChI=1S/C13H17ClFNO3S/c1-13(5-2-6-19-13)9-16-20(17,18)8-10-3-4-12(15)11(14)7-10/h3-4,7,16H,2,5-6,8-9H2,1H3/t13-/m0/s1. The summed E-state index contributed by atoms with van der Waals surface area (Å²) in [5.41, 5.74) is 0.00874. The lowest BCUT2D eigenvalue weighted by molar-refractivity contribution is 0.0250. The van der Waals surface area contributed by atoms with Gasteiger partial charge in [0.05, 0.1) is 16.4 Å². The van der Waals surface area contributed by atoms with Gasteiger partial charge in [0, 0.05) is 13.2 Å². The maximum absolute atomic E-state index is 13.0. The van der Waals surface area contributed by atoms with Crippen LogP contribution < -0.4 is 4.72 Å². The number of hydrogen-bond acceptors (Lipinski definition) is 3. The van der Waals surface area contributed by atoms with Crippen molar-refractivity contribution in [3.63, 3.8) is 0 Å². The summed E-state index contributed by atoms with van der Waals surface area (Å²) in [5.74, 6) is -0.795. The smallest absolute Gasteiger partial charge is 0.215 e. The lowest BCUT2D eigenvalue weighted by Gasteiger charge is -2.23. The molecule has 0 bridgehead atoms. The van der Waals surface area contributed by atoms with Gasteiger partial charge in [-0.3, -0.25) is 0 Å². The van der Waals surface area contributed by atoms with E-state index in [4.69, 9.17) is 16.3 Å². The fourth-order valence-corrected chi connectivity index (χ4v) is 3.59. The van der Waals surface area contributed by atoms with Crippen LogP contribution in [0.3, 0.4) is 0 Å². The Morgan fingerprint density at radius 2 is 2.25 bits per heavy atom. The van der Waals surface area contributed by atoms with Crippen molar-refractivity contribution in [3.05, 3.63) is 34.6 Å². The third-order valence-corrected chi connectivity index (χ3v) is 4.89. The Morgan fingerprint density at radius 3 is 2.85 bits per heavy atom. The van der Waals surface area contributed by atoms with E-state index in [1.807, 2.05) is 6.92 Å². The molecule has 0 saturated carbocycles. The molecule has 0 spiro atoms. The lowest BCUT2D eigenvalue weighted by atomic mass is 10.0. The maximum atomic E-state index is 13.0. The van der Waals surface area contributed by atoms with E-state index in [-0.39, 0.29) is 17.3 Å². The molecule has 4 nitrogen and oxygen atoms in total. The van der Waals surface area contributed by atoms with Gasteiger partial charge in [-0.15, -0.1) is 0 Å². The number of halogens is 2. The maximum Gasteiger partial charge on any atom is 0.215 e. The molecule has 1 fully saturated rings. The molecule has 1 aliphatic heterocycles. The van der Waals surface area contributed by atoms with Gasteiger partial charge < -0.3 is 4.74 Å². The quantitative estimate of drug-likeness (QED) is 0.906. The molecule has 1 saturated heterocycles. The molecule has 0 aromatic heterocycles. The second-order valence-electron chi connectivity index (χ2n) is 5.23. The normalized spacial score (nSPS) is 23.1. The molecule has 0 aliphatic carbocycles. The molecule has 0 unspecified atom stereocenters. The monoisotopic (exact) mass is 321 g/mol. The molecule has 1 aromatic rings. The van der Waals surface area contributed by atoms with Crippen LogP contribution in [0.15, 0.2) is 18.2 Å². The molecule has 20 heavy (non-hydrogen) atoms. The fraction of sp³-hybridized carbons (Fsp3) is 0.538. The van der Waals surface area contributed by atoms with Crippen molar-refractivity contribution in [2.24, 2.45) is 0 Å². The highest BCUT2D eigenvalue weighted by molar-refractivity contribution is 7.88. The Labute approximate surface area is 123 Å². The predicted molar refractivity (Wildman–Crippen MR) is 75.6 cm³/mol. The second-order valence-corrected chi connectivity index (χ2v) is 7.44. The van der Waals surface area contributed by atoms with Gasteiger partial charge in [0.1, 0.15) is 5.82 Å². The largest absolute Gasteiger partial charge is 0.374 e. The van der Waals surface area contributed by atoms with Gasteiger partial charge in [0.25, 0.3) is 0 Å². The number of rotatable bonds is 5. The van der Waals surface area contributed by atoms with Gasteiger partial charge in [-0.05, 0) is 37.5 Å². The average molecular weight is 322 g/mol. The molecule has 1 heterocycles. The van der Waals surface area contributed by atoms with Crippen LogP contribution in [0.1, 0.15) is 25.3 Å². The Balaban J connectivity index is 1.98. The van der Waals surface area contributed by atoms with Gasteiger partial charge in [0.15, 0.2) is 0 Å². The SMILES string of the molecule is C[C@@]1(CNS(=O)(=O)Cc2ccc(F)c(Cl)c2)CCCO1. The Kier molecular flexibility index (Phi) is 4.69. The summed E-state index contributed by atoms with van der Waals surface area (Å²) < 4.78 is 45.1. The Morgan fingerprint density at radius 1 is 1.50 bits per heavy atom. The van der Waals surface area contributed by atoms with Crippen LogP contribution in [0.25, 0.3) is 0 Å². The average Bonchev–Trinajstić information content (AvgIpc) is 2.79. The van der Waals surface area contributed by atoms with Crippen molar-refractivity contribution in [2.75, 3.05) is 13.2 Å². The Bertz CT molecular complexity index is 585. The molecule has 1 atom stereocenters. The molecular formula is C13H17ClFNO3S. The van der Waals surface area contributed by atoms with Crippen LogP contribution >= 0.6 is 11.6 Å². The summed E-state index contributed by atoms with van der Waals surface area (Å²) in [6.45, 7) is 2.79. The molecule has 1 N–H and O–H groups in total. The molecule has 1 aliphatic rings. The molecular weight excluding hydrogens is 305 g/mol. The third-order valence-electron chi connectivity index (χ3n) is 3.31. The highest BCUT2D eigenvalue weighted by Gasteiger charge is 2.31. The molecule has 1 aromatic carbocycles. The summed E-state index contributed by atoms with van der Waals surface area (Å²) in [4.78, 5) is 0. The number of hydrogen-bond donors (Lipinski definition) is 1. The first-order valence-electron chi connectivity index (χ1n) is 6.35. The number of nitrogens with one attached hydrogen (secondary N) is 1. The first-order valence-corrected chi connectivity index (χ1v) is 8.38. The number of sulfonamides is 1. The third kappa shape index (κ3) is 4.15. The first kappa shape index (κ1) is 15.7. The summed E-state index contributed by atoms with van der Waals surface area (Å²) in [6, 6.07) is 3.90. The minimum Gasteiger partial charge on any atom is -0.374 e. The lowest BCUT2D eigenvalue weighted by Crippen LogP contribution is -2.40. The zero-order valence-electron chi connectivity index (χ0n) is 11.2. The topological polar surface area (TPSA) is 55.4 Å². The van der Waals surface area contributed by atoms with E-state index in [1.165, 1.54) is 12.1 Å². The van der Waals surface area contributed by atoms with Crippen LogP contribution in [0.2, 0.25) is 5.02 Å². The van der Waals surface area contributed by atoms with Crippen LogP contribution in [0.4, 0.5) is 4.39 Å². The van der Waals surface area contributed by atoms with E-state index < -0.39 is 21.4 Å². The first-order chi connectivity index (χ1) is 9.30. The Hall–Kier alpha value is -0.690. The molecule has 0 radical (unpaired) electrons. The van der Waals surface area contributed by atoms with Crippen molar-refractivity contribution in [1.29, 1.82) is 0 Å². The van der Waals surface area contributed by atoms with Crippen LogP contribution in [0, 0.1) is 5.82 Å².